The molecule has 1 heterocycles. The number of carbonyl (C=O) groups is 2. The van der Waals surface area contributed by atoms with Gasteiger partial charge >= 0.3 is 6.18 Å². The molecule has 2 amide bonds. The fraction of sp³-hybridized carbons (Fsp3) is 0.364. The third kappa shape index (κ3) is 7.22. The van der Waals surface area contributed by atoms with Gasteiger partial charge in [-0.25, -0.2) is 0 Å². The molecule has 0 aliphatic carbocycles. The Morgan fingerprint density at radius 3 is 2.03 bits per heavy atom. The lowest BCUT2D eigenvalue weighted by atomic mass is 10.1. The van der Waals surface area contributed by atoms with Crippen molar-refractivity contribution >= 4 is 29.1 Å². The number of nitrogens with one attached hydrogen (secondary N) is 2. The van der Waals surface area contributed by atoms with Gasteiger partial charge < -0.3 is 10.6 Å². The van der Waals surface area contributed by atoms with Gasteiger partial charge in [-0.05, 0) is 29.8 Å². The number of rotatable bonds is 7. The summed E-state index contributed by atoms with van der Waals surface area (Å²) >= 11 is 5.84. The fourth-order valence-electron chi connectivity index (χ4n) is 3.40. The van der Waals surface area contributed by atoms with Crippen LogP contribution in [0, 0.1) is 0 Å². The van der Waals surface area contributed by atoms with Crippen molar-refractivity contribution in [3.05, 3.63) is 64.7 Å². The molecule has 0 spiro atoms. The minimum atomic E-state index is -4.54. The molecule has 0 aromatic heterocycles. The monoisotopic (exact) mass is 468 g/mol. The lowest BCUT2D eigenvalue weighted by molar-refractivity contribution is -0.137. The van der Waals surface area contributed by atoms with Gasteiger partial charge in [-0.2, -0.15) is 13.2 Å². The molecular formula is C22H24ClF3N4O2. The summed E-state index contributed by atoms with van der Waals surface area (Å²) in [6, 6.07) is 12.1. The Kier molecular flexibility index (Phi) is 8.11. The van der Waals surface area contributed by atoms with Crippen molar-refractivity contribution in [1.82, 2.24) is 15.1 Å². The van der Waals surface area contributed by atoms with Crippen molar-refractivity contribution in [3.63, 3.8) is 0 Å². The Balaban J connectivity index is 1.40. The van der Waals surface area contributed by atoms with E-state index in [-0.39, 0.29) is 24.7 Å². The molecule has 1 fully saturated rings. The van der Waals surface area contributed by atoms with Crippen molar-refractivity contribution < 1.29 is 22.8 Å². The minimum Gasteiger partial charge on any atom is -0.351 e. The first-order chi connectivity index (χ1) is 15.2. The number of para-hydroxylation sites is 1. The average Bonchev–Trinajstić information content (AvgIpc) is 2.74. The van der Waals surface area contributed by atoms with E-state index in [1.165, 1.54) is 18.2 Å². The van der Waals surface area contributed by atoms with Crippen molar-refractivity contribution in [2.24, 2.45) is 0 Å². The van der Waals surface area contributed by atoms with Crippen LogP contribution in [0.5, 0.6) is 0 Å². The summed E-state index contributed by atoms with van der Waals surface area (Å²) in [5.74, 6) is -0.606. The van der Waals surface area contributed by atoms with Crippen LogP contribution >= 0.6 is 11.6 Å². The molecule has 6 nitrogen and oxygen atoms in total. The Morgan fingerprint density at radius 1 is 0.875 bits per heavy atom. The summed E-state index contributed by atoms with van der Waals surface area (Å²) in [4.78, 5) is 28.3. The van der Waals surface area contributed by atoms with Crippen molar-refractivity contribution in [3.8, 4) is 0 Å². The summed E-state index contributed by atoms with van der Waals surface area (Å²) in [6.45, 7) is 2.89. The molecule has 0 saturated carbocycles. The van der Waals surface area contributed by atoms with Crippen molar-refractivity contribution in [1.29, 1.82) is 0 Å². The average molecular weight is 469 g/mol. The highest BCUT2D eigenvalue weighted by Gasteiger charge is 2.33. The van der Waals surface area contributed by atoms with E-state index in [1.807, 2.05) is 21.9 Å². The van der Waals surface area contributed by atoms with Crippen molar-refractivity contribution in [2.45, 2.75) is 12.7 Å². The van der Waals surface area contributed by atoms with E-state index >= 15 is 0 Å². The second kappa shape index (κ2) is 10.8. The summed E-state index contributed by atoms with van der Waals surface area (Å²) in [5, 5.41) is 5.85. The third-order valence-electron chi connectivity index (χ3n) is 5.11. The Hall–Kier alpha value is -2.62. The number of alkyl halides is 3. The normalized spacial score (nSPS) is 15.4. The number of piperazine rings is 1. The predicted molar refractivity (Wildman–Crippen MR) is 116 cm³/mol. The molecule has 32 heavy (non-hydrogen) atoms. The number of nitrogens with zero attached hydrogens (tertiary/aromatic N) is 2. The molecule has 1 aliphatic rings. The summed E-state index contributed by atoms with van der Waals surface area (Å²) in [6.07, 6.45) is -4.54. The zero-order chi connectivity index (χ0) is 23.1. The quantitative estimate of drug-likeness (QED) is 0.655. The fourth-order valence-corrected chi connectivity index (χ4v) is 3.53. The lowest BCUT2D eigenvalue weighted by Gasteiger charge is -2.33. The molecule has 1 saturated heterocycles. The summed E-state index contributed by atoms with van der Waals surface area (Å²) < 4.78 is 39.2. The number of halogens is 4. The Bertz CT molecular complexity index is 930. The molecule has 0 atom stereocenters. The Labute approximate surface area is 189 Å². The molecule has 0 bridgehead atoms. The molecule has 2 N–H and O–H groups in total. The van der Waals surface area contributed by atoms with Gasteiger partial charge in [0.15, 0.2) is 0 Å². The van der Waals surface area contributed by atoms with Gasteiger partial charge in [0.2, 0.25) is 11.8 Å². The smallest absolute Gasteiger partial charge is 0.351 e. The highest BCUT2D eigenvalue weighted by molar-refractivity contribution is 6.30. The van der Waals surface area contributed by atoms with E-state index in [2.05, 4.69) is 10.6 Å². The van der Waals surface area contributed by atoms with Gasteiger partial charge in [0, 0.05) is 37.7 Å². The first-order valence-electron chi connectivity index (χ1n) is 10.1. The van der Waals surface area contributed by atoms with Crippen LogP contribution in [0.4, 0.5) is 18.9 Å². The van der Waals surface area contributed by atoms with E-state index in [9.17, 15) is 22.8 Å². The van der Waals surface area contributed by atoms with E-state index in [0.29, 0.717) is 37.7 Å². The zero-order valence-corrected chi connectivity index (χ0v) is 18.0. The number of amides is 2. The van der Waals surface area contributed by atoms with Crippen LogP contribution in [0.3, 0.4) is 0 Å². The van der Waals surface area contributed by atoms with Crippen LogP contribution in [-0.2, 0) is 22.3 Å². The standard InChI is InChI=1S/C22H24ClF3N4O2/c23-17-7-5-16(6-8-17)13-27-20(31)14-29-9-11-30(12-10-29)15-21(32)28-19-4-2-1-3-18(19)22(24,25)26/h1-8H,9-15H2,(H,27,31)(H,28,32). The molecule has 1 aliphatic heterocycles. The molecule has 2 aromatic rings. The maximum atomic E-state index is 13.1. The highest BCUT2D eigenvalue weighted by atomic mass is 35.5. The summed E-state index contributed by atoms with van der Waals surface area (Å²) in [7, 11) is 0. The van der Waals surface area contributed by atoms with Crippen LogP contribution < -0.4 is 10.6 Å². The number of hydrogen-bond acceptors (Lipinski definition) is 4. The second-order valence-electron chi connectivity index (χ2n) is 7.55. The number of anilines is 1. The van der Waals surface area contributed by atoms with Gasteiger partial charge in [0.05, 0.1) is 24.3 Å². The molecule has 3 rings (SSSR count). The van der Waals surface area contributed by atoms with E-state index in [0.717, 1.165) is 11.6 Å². The third-order valence-corrected chi connectivity index (χ3v) is 5.36. The van der Waals surface area contributed by atoms with Gasteiger partial charge in [0.25, 0.3) is 0 Å². The lowest BCUT2D eigenvalue weighted by Crippen LogP contribution is -2.51. The van der Waals surface area contributed by atoms with Crippen LogP contribution in [0.2, 0.25) is 5.02 Å². The van der Waals surface area contributed by atoms with Gasteiger partial charge in [-0.1, -0.05) is 35.9 Å². The topological polar surface area (TPSA) is 64.7 Å². The van der Waals surface area contributed by atoms with Gasteiger partial charge in [-0.15, -0.1) is 0 Å². The van der Waals surface area contributed by atoms with Gasteiger partial charge in [-0.3, -0.25) is 19.4 Å². The Morgan fingerprint density at radius 2 is 1.44 bits per heavy atom. The molecule has 0 radical (unpaired) electrons. The molecule has 0 unspecified atom stereocenters. The number of hydrogen-bond donors (Lipinski definition) is 2. The van der Waals surface area contributed by atoms with E-state index in [1.54, 1.807) is 12.1 Å². The first kappa shape index (κ1) is 24.0. The first-order valence-corrected chi connectivity index (χ1v) is 10.5. The maximum absolute atomic E-state index is 13.1. The van der Waals surface area contributed by atoms with Crippen LogP contribution in [0.25, 0.3) is 0 Å². The summed E-state index contributed by atoms with van der Waals surface area (Å²) in [5.41, 5.74) is -0.172. The van der Waals surface area contributed by atoms with Crippen LogP contribution in [-0.4, -0.2) is 60.9 Å². The number of carbonyl (C=O) groups excluding carboxylic acids is 2. The van der Waals surface area contributed by atoms with E-state index < -0.39 is 17.6 Å². The molecule has 2 aromatic carbocycles. The zero-order valence-electron chi connectivity index (χ0n) is 17.3. The predicted octanol–water partition coefficient (Wildman–Crippen LogP) is 3.23. The maximum Gasteiger partial charge on any atom is 0.418 e. The number of benzene rings is 2. The van der Waals surface area contributed by atoms with E-state index in [4.69, 9.17) is 11.6 Å². The largest absolute Gasteiger partial charge is 0.418 e. The molecular weight excluding hydrogens is 445 g/mol. The SMILES string of the molecule is O=C(CN1CCN(CC(=O)Nc2ccccc2C(F)(F)F)CC1)NCc1ccc(Cl)cc1. The second-order valence-corrected chi connectivity index (χ2v) is 7.98. The minimum absolute atomic E-state index is 0.0111. The highest BCUT2D eigenvalue weighted by Crippen LogP contribution is 2.34. The van der Waals surface area contributed by atoms with Gasteiger partial charge in [0.1, 0.15) is 0 Å². The van der Waals surface area contributed by atoms with Crippen molar-refractivity contribution in [2.75, 3.05) is 44.6 Å². The van der Waals surface area contributed by atoms with Crippen LogP contribution in [0.15, 0.2) is 48.5 Å². The van der Waals surface area contributed by atoms with Crippen LogP contribution in [0.1, 0.15) is 11.1 Å². The molecule has 172 valence electrons. The molecule has 10 heteroatoms.